The molecule has 0 rings (SSSR count). The van der Waals surface area contributed by atoms with Gasteiger partial charge in [-0.25, -0.2) is 4.39 Å². The van der Waals surface area contributed by atoms with Gasteiger partial charge in [-0.3, -0.25) is 0 Å². The summed E-state index contributed by atoms with van der Waals surface area (Å²) in [6, 6.07) is 0. The molecule has 0 aromatic rings. The SMILES string of the molecule is C=C(/C=C(/F)C(=C)C(C)CCC(C)O)C(C)CCC(C)C(C)CCC(C)CC.CCC. The summed E-state index contributed by atoms with van der Waals surface area (Å²) in [6.07, 6.45) is 9.94. The van der Waals surface area contributed by atoms with Crippen molar-refractivity contribution in [3.63, 3.8) is 0 Å². The van der Waals surface area contributed by atoms with Gasteiger partial charge in [0, 0.05) is 0 Å². The standard InChI is InChI=1S/C26H47FO.C3H8/c1-10-18(2)11-12-19(3)20(4)13-14-21(5)23(7)17-26(27)25(9)22(6)15-16-24(8)28;1-3-2/h17-22,24,28H,7,9-16H2,1-6,8H3;3H2,1-2H3/b26-17+;. The maximum atomic E-state index is 14.6. The molecule has 2 heteroatoms. The zero-order valence-corrected chi connectivity index (χ0v) is 22.4. The van der Waals surface area contributed by atoms with Crippen molar-refractivity contribution in [1.82, 2.24) is 0 Å². The minimum absolute atomic E-state index is 0.0281. The number of hydrogen-bond donors (Lipinski definition) is 1. The highest BCUT2D eigenvalue weighted by Crippen LogP contribution is 2.29. The van der Waals surface area contributed by atoms with E-state index in [1.807, 2.05) is 6.92 Å². The average Bonchev–Trinajstić information content (AvgIpc) is 2.72. The van der Waals surface area contributed by atoms with E-state index in [2.05, 4.69) is 61.6 Å². The van der Waals surface area contributed by atoms with Crippen LogP contribution in [0, 0.1) is 29.6 Å². The Morgan fingerprint density at radius 3 is 1.68 bits per heavy atom. The normalized spacial score (nSPS) is 17.6. The van der Waals surface area contributed by atoms with Gasteiger partial charge in [0.1, 0.15) is 5.83 Å². The Kier molecular flexibility index (Phi) is 19.4. The molecule has 0 aromatic carbocycles. The predicted octanol–water partition coefficient (Wildman–Crippen LogP) is 9.68. The van der Waals surface area contributed by atoms with Gasteiger partial charge >= 0.3 is 0 Å². The third-order valence-electron chi connectivity index (χ3n) is 6.70. The van der Waals surface area contributed by atoms with Gasteiger partial charge in [-0.2, -0.15) is 0 Å². The molecule has 0 bridgehead atoms. The van der Waals surface area contributed by atoms with Gasteiger partial charge in [-0.05, 0) is 79.4 Å². The van der Waals surface area contributed by atoms with Crippen LogP contribution >= 0.6 is 0 Å². The summed E-state index contributed by atoms with van der Waals surface area (Å²) in [5.74, 6) is 2.28. The maximum absolute atomic E-state index is 14.6. The van der Waals surface area contributed by atoms with Crippen molar-refractivity contribution in [3.8, 4) is 0 Å². The van der Waals surface area contributed by atoms with Crippen molar-refractivity contribution in [2.45, 2.75) is 120 Å². The van der Waals surface area contributed by atoms with E-state index in [0.29, 0.717) is 17.9 Å². The first-order valence-corrected chi connectivity index (χ1v) is 12.8. The number of hydrogen-bond acceptors (Lipinski definition) is 1. The van der Waals surface area contributed by atoms with Gasteiger partial charge in [0.15, 0.2) is 0 Å². The Morgan fingerprint density at radius 1 is 0.774 bits per heavy atom. The second-order valence-corrected chi connectivity index (χ2v) is 10.2. The monoisotopic (exact) mass is 438 g/mol. The molecule has 1 N–H and O–H groups in total. The van der Waals surface area contributed by atoms with Crippen molar-refractivity contribution in [1.29, 1.82) is 0 Å². The molecular formula is C29H55FO. The van der Waals surface area contributed by atoms with E-state index in [-0.39, 0.29) is 23.8 Å². The second kappa shape index (κ2) is 18.7. The van der Waals surface area contributed by atoms with Crippen LogP contribution in [-0.4, -0.2) is 11.2 Å². The molecule has 0 aliphatic rings. The number of aliphatic hydroxyl groups is 1. The van der Waals surface area contributed by atoms with Gasteiger partial charge in [0.25, 0.3) is 0 Å². The summed E-state index contributed by atoms with van der Waals surface area (Å²) in [6.45, 7) is 27.5. The fourth-order valence-electron chi connectivity index (χ4n) is 3.32. The van der Waals surface area contributed by atoms with Crippen LogP contribution in [0.3, 0.4) is 0 Å². The number of aliphatic hydroxyl groups excluding tert-OH is 1. The van der Waals surface area contributed by atoms with Gasteiger partial charge in [0.2, 0.25) is 0 Å². The van der Waals surface area contributed by atoms with Crippen molar-refractivity contribution in [2.24, 2.45) is 29.6 Å². The minimum atomic E-state index is -0.355. The Balaban J connectivity index is 0. The molecule has 6 atom stereocenters. The van der Waals surface area contributed by atoms with Crippen molar-refractivity contribution < 1.29 is 9.50 Å². The molecule has 0 saturated heterocycles. The molecule has 0 spiro atoms. The molecule has 31 heavy (non-hydrogen) atoms. The molecule has 0 heterocycles. The third kappa shape index (κ3) is 16.4. The van der Waals surface area contributed by atoms with E-state index < -0.39 is 0 Å². The van der Waals surface area contributed by atoms with Gasteiger partial charge in [0.05, 0.1) is 6.10 Å². The van der Waals surface area contributed by atoms with Crippen LogP contribution in [-0.2, 0) is 0 Å². The molecule has 0 radical (unpaired) electrons. The Labute approximate surface area is 195 Å². The Bertz CT molecular complexity index is 505. The van der Waals surface area contributed by atoms with Gasteiger partial charge in [-0.1, -0.05) is 94.2 Å². The topological polar surface area (TPSA) is 20.2 Å². The van der Waals surface area contributed by atoms with E-state index in [9.17, 15) is 9.50 Å². The van der Waals surface area contributed by atoms with E-state index in [0.717, 1.165) is 36.7 Å². The van der Waals surface area contributed by atoms with E-state index in [1.54, 1.807) is 13.0 Å². The van der Waals surface area contributed by atoms with Crippen LogP contribution in [0.2, 0.25) is 0 Å². The quantitative estimate of drug-likeness (QED) is 0.252. The first-order chi connectivity index (χ1) is 14.4. The summed E-state index contributed by atoms with van der Waals surface area (Å²) >= 11 is 0. The van der Waals surface area contributed by atoms with Crippen LogP contribution in [0.25, 0.3) is 0 Å². The first kappa shape index (κ1) is 32.3. The second-order valence-electron chi connectivity index (χ2n) is 10.2. The molecule has 1 nitrogen and oxygen atoms in total. The lowest BCUT2D eigenvalue weighted by atomic mass is 9.83. The minimum Gasteiger partial charge on any atom is -0.393 e. The number of halogens is 1. The van der Waals surface area contributed by atoms with Crippen molar-refractivity contribution in [2.75, 3.05) is 0 Å². The van der Waals surface area contributed by atoms with Crippen LogP contribution in [0.15, 0.2) is 36.2 Å². The van der Waals surface area contributed by atoms with Gasteiger partial charge < -0.3 is 5.11 Å². The highest BCUT2D eigenvalue weighted by molar-refractivity contribution is 5.32. The molecule has 0 aromatic heterocycles. The summed E-state index contributed by atoms with van der Waals surface area (Å²) in [4.78, 5) is 0. The maximum Gasteiger partial charge on any atom is 0.126 e. The van der Waals surface area contributed by atoms with E-state index >= 15 is 0 Å². The van der Waals surface area contributed by atoms with Crippen LogP contribution < -0.4 is 0 Å². The lowest BCUT2D eigenvalue weighted by Gasteiger charge is -2.23. The predicted molar refractivity (Wildman–Crippen MR) is 139 cm³/mol. The Morgan fingerprint density at radius 2 is 1.23 bits per heavy atom. The fourth-order valence-corrected chi connectivity index (χ4v) is 3.32. The highest BCUT2D eigenvalue weighted by Gasteiger charge is 2.17. The number of allylic oxidation sites excluding steroid dienone is 4. The van der Waals surface area contributed by atoms with Crippen LogP contribution in [0.5, 0.6) is 0 Å². The summed E-state index contributed by atoms with van der Waals surface area (Å²) in [7, 11) is 0. The molecular weight excluding hydrogens is 383 g/mol. The fraction of sp³-hybridized carbons (Fsp3) is 0.793. The molecule has 0 fully saturated rings. The molecule has 0 aliphatic carbocycles. The van der Waals surface area contributed by atoms with Crippen LogP contribution in [0.4, 0.5) is 4.39 Å². The molecule has 0 saturated carbocycles. The van der Waals surface area contributed by atoms with Crippen molar-refractivity contribution >= 4 is 0 Å². The lowest BCUT2D eigenvalue weighted by Crippen LogP contribution is -2.11. The zero-order valence-electron chi connectivity index (χ0n) is 22.4. The van der Waals surface area contributed by atoms with Crippen molar-refractivity contribution in [3.05, 3.63) is 36.2 Å². The molecule has 6 unspecified atom stereocenters. The molecule has 0 aliphatic heterocycles. The first-order valence-electron chi connectivity index (χ1n) is 12.8. The zero-order chi connectivity index (χ0) is 24.6. The molecule has 184 valence electrons. The highest BCUT2D eigenvalue weighted by atomic mass is 19.1. The summed E-state index contributed by atoms with van der Waals surface area (Å²) in [5.41, 5.74) is 1.36. The third-order valence-corrected chi connectivity index (χ3v) is 6.70. The van der Waals surface area contributed by atoms with E-state index in [1.165, 1.54) is 25.7 Å². The Hall–Kier alpha value is -0.890. The lowest BCUT2D eigenvalue weighted by molar-refractivity contribution is 0.177. The average molecular weight is 439 g/mol. The largest absolute Gasteiger partial charge is 0.393 e. The summed E-state index contributed by atoms with van der Waals surface area (Å²) < 4.78 is 14.6. The number of rotatable bonds is 15. The molecule has 0 amide bonds. The summed E-state index contributed by atoms with van der Waals surface area (Å²) in [5, 5.41) is 9.40. The van der Waals surface area contributed by atoms with E-state index in [4.69, 9.17) is 0 Å². The van der Waals surface area contributed by atoms with Crippen LogP contribution in [0.1, 0.15) is 114 Å². The van der Waals surface area contributed by atoms with Gasteiger partial charge in [-0.15, -0.1) is 0 Å². The smallest absolute Gasteiger partial charge is 0.126 e.